The number of nitrogens with one attached hydrogen (secondary N) is 1. The fourth-order valence-electron chi connectivity index (χ4n) is 4.05. The van der Waals surface area contributed by atoms with Crippen molar-refractivity contribution in [2.24, 2.45) is 0 Å². The number of aromatic nitrogens is 4. The first-order valence-corrected chi connectivity index (χ1v) is 12.1. The van der Waals surface area contributed by atoms with E-state index in [0.717, 1.165) is 0 Å². The van der Waals surface area contributed by atoms with Gasteiger partial charge in [-0.05, 0) is 43.3 Å². The Bertz CT molecular complexity index is 1700. The van der Waals surface area contributed by atoms with Crippen LogP contribution in [0.3, 0.4) is 0 Å². The molecule has 5 rings (SSSR count). The van der Waals surface area contributed by atoms with Gasteiger partial charge >= 0.3 is 11.9 Å². The van der Waals surface area contributed by atoms with E-state index in [-0.39, 0.29) is 12.4 Å². The zero-order valence-corrected chi connectivity index (χ0v) is 21.5. The zero-order chi connectivity index (χ0) is 28.3. The molecule has 0 amide bonds. The third kappa shape index (κ3) is 5.99. The topological polar surface area (TPSA) is 114 Å². The third-order valence-electron chi connectivity index (χ3n) is 6.09. The van der Waals surface area contributed by atoms with Crippen LogP contribution in [-0.4, -0.2) is 46.0 Å². The number of pyridine rings is 1. The molecule has 13 heteroatoms. The Morgan fingerprint density at radius 1 is 1.05 bits per heavy atom. The number of halogens is 3. The molecule has 0 fully saturated rings. The molecule has 0 saturated heterocycles. The van der Waals surface area contributed by atoms with E-state index in [0.29, 0.717) is 63.7 Å². The molecule has 5 aromatic rings. The Balaban J connectivity index is 1.30. The minimum Gasteiger partial charge on any atom is -0.487 e. The lowest BCUT2D eigenvalue weighted by Crippen LogP contribution is -2.19. The Morgan fingerprint density at radius 2 is 1.85 bits per heavy atom. The van der Waals surface area contributed by atoms with E-state index in [9.17, 15) is 18.0 Å². The maximum Gasteiger partial charge on any atom is 0.422 e. The lowest BCUT2D eigenvalue weighted by molar-refractivity contribution is -0.153. The molecule has 0 aliphatic carbocycles. The maximum absolute atomic E-state index is 12.5. The summed E-state index contributed by atoms with van der Waals surface area (Å²) in [5.74, 6) is 0.684. The Kier molecular flexibility index (Phi) is 7.56. The van der Waals surface area contributed by atoms with Gasteiger partial charge in [-0.3, -0.25) is 9.55 Å². The molecule has 0 bridgehead atoms. The molecule has 0 unspecified atom stereocenters. The van der Waals surface area contributed by atoms with E-state index >= 15 is 0 Å². The van der Waals surface area contributed by atoms with Gasteiger partial charge in [0, 0.05) is 36.0 Å². The van der Waals surface area contributed by atoms with Crippen molar-refractivity contribution in [2.45, 2.75) is 26.3 Å². The number of ether oxygens (including phenoxy) is 3. The molecule has 0 aliphatic rings. The van der Waals surface area contributed by atoms with Gasteiger partial charge < -0.3 is 23.9 Å². The maximum atomic E-state index is 12.5. The average Bonchev–Trinajstić information content (AvgIpc) is 3.23. The highest BCUT2D eigenvalue weighted by Gasteiger charge is 2.28. The van der Waals surface area contributed by atoms with E-state index in [2.05, 4.69) is 20.3 Å². The number of hydrogen-bond acceptors (Lipinski definition) is 9. The standard InChI is InChI=1S/C27H24F3N5O5/c1-16-21(31-8-7-23(16)39-14-27(28,29)30)13-38-18-5-3-17(4-6-18)34-25-19-11-22-24(12-20(19)32-15-33-25)40-26(36)35(22)9-10-37-2/h3-8,11-12,15H,9-10,13-14H2,1-2H3,(H,32,33,34). The van der Waals surface area contributed by atoms with Crippen LogP contribution in [0.25, 0.3) is 22.0 Å². The smallest absolute Gasteiger partial charge is 0.422 e. The summed E-state index contributed by atoms with van der Waals surface area (Å²) in [7, 11) is 1.56. The van der Waals surface area contributed by atoms with Crippen LogP contribution in [0.1, 0.15) is 11.3 Å². The number of methoxy groups -OCH3 is 1. The first-order valence-electron chi connectivity index (χ1n) is 12.1. The third-order valence-corrected chi connectivity index (χ3v) is 6.09. The van der Waals surface area contributed by atoms with Crippen LogP contribution in [0, 0.1) is 6.92 Å². The summed E-state index contributed by atoms with van der Waals surface area (Å²) in [5.41, 5.74) is 3.27. The average molecular weight is 556 g/mol. The van der Waals surface area contributed by atoms with Gasteiger partial charge in [-0.15, -0.1) is 0 Å². The van der Waals surface area contributed by atoms with Gasteiger partial charge in [0.1, 0.15) is 30.3 Å². The summed E-state index contributed by atoms with van der Waals surface area (Å²) >= 11 is 0. The SMILES string of the molecule is COCCn1c(=O)oc2cc3ncnc(Nc4ccc(OCc5nccc(OCC(F)(F)F)c5C)cc4)c3cc21. The van der Waals surface area contributed by atoms with Crippen LogP contribution >= 0.6 is 0 Å². The molecule has 0 radical (unpaired) electrons. The van der Waals surface area contributed by atoms with Crippen molar-refractivity contribution in [2.75, 3.05) is 25.6 Å². The summed E-state index contributed by atoms with van der Waals surface area (Å²) in [5, 5.41) is 3.95. The van der Waals surface area contributed by atoms with E-state index in [1.54, 1.807) is 50.4 Å². The van der Waals surface area contributed by atoms with Crippen LogP contribution in [0.2, 0.25) is 0 Å². The predicted molar refractivity (Wildman–Crippen MR) is 140 cm³/mol. The van der Waals surface area contributed by atoms with Crippen LogP contribution in [0.5, 0.6) is 11.5 Å². The second-order valence-corrected chi connectivity index (χ2v) is 8.79. The first-order chi connectivity index (χ1) is 19.2. The van der Waals surface area contributed by atoms with Gasteiger partial charge in [0.2, 0.25) is 0 Å². The predicted octanol–water partition coefficient (Wildman–Crippen LogP) is 5.15. The van der Waals surface area contributed by atoms with Crippen LogP contribution in [0.4, 0.5) is 24.7 Å². The van der Waals surface area contributed by atoms with Crippen molar-refractivity contribution >= 4 is 33.5 Å². The second-order valence-electron chi connectivity index (χ2n) is 8.79. The van der Waals surface area contributed by atoms with Gasteiger partial charge in [0.25, 0.3) is 0 Å². The zero-order valence-electron chi connectivity index (χ0n) is 21.5. The molecular formula is C27H24F3N5O5. The molecule has 1 N–H and O–H groups in total. The van der Waals surface area contributed by atoms with Gasteiger partial charge in [-0.25, -0.2) is 14.8 Å². The van der Waals surface area contributed by atoms with Crippen molar-refractivity contribution in [3.63, 3.8) is 0 Å². The molecule has 0 spiro atoms. The summed E-state index contributed by atoms with van der Waals surface area (Å²) < 4.78 is 60.2. The van der Waals surface area contributed by atoms with Crippen LogP contribution < -0.4 is 20.5 Å². The van der Waals surface area contributed by atoms with E-state index in [1.165, 1.54) is 23.2 Å². The number of nitrogens with zero attached hydrogens (tertiary/aromatic N) is 4. The number of rotatable bonds is 10. The van der Waals surface area contributed by atoms with Crippen molar-refractivity contribution in [1.82, 2.24) is 19.5 Å². The van der Waals surface area contributed by atoms with Gasteiger partial charge in [0.15, 0.2) is 12.2 Å². The monoisotopic (exact) mass is 555 g/mol. The molecule has 40 heavy (non-hydrogen) atoms. The lowest BCUT2D eigenvalue weighted by Gasteiger charge is -2.14. The van der Waals surface area contributed by atoms with Crippen molar-refractivity contribution in [3.8, 4) is 11.5 Å². The Labute approximate surface area is 225 Å². The molecule has 0 saturated carbocycles. The quantitative estimate of drug-likeness (QED) is 0.250. The molecule has 2 aromatic carbocycles. The molecule has 3 heterocycles. The number of benzene rings is 2. The van der Waals surface area contributed by atoms with E-state index in [4.69, 9.17) is 18.6 Å². The highest BCUT2D eigenvalue weighted by molar-refractivity contribution is 5.98. The molecule has 3 aromatic heterocycles. The summed E-state index contributed by atoms with van der Waals surface area (Å²) in [6.45, 7) is 0.985. The van der Waals surface area contributed by atoms with Crippen LogP contribution in [-0.2, 0) is 17.9 Å². The number of oxazole rings is 1. The largest absolute Gasteiger partial charge is 0.487 e. The normalized spacial score (nSPS) is 11.7. The summed E-state index contributed by atoms with van der Waals surface area (Å²) in [6, 6.07) is 11.9. The van der Waals surface area contributed by atoms with Crippen molar-refractivity contribution < 1.29 is 31.8 Å². The lowest BCUT2D eigenvalue weighted by atomic mass is 10.2. The van der Waals surface area contributed by atoms with E-state index < -0.39 is 18.5 Å². The fourth-order valence-corrected chi connectivity index (χ4v) is 4.05. The van der Waals surface area contributed by atoms with Gasteiger partial charge in [-0.1, -0.05) is 0 Å². The first kappa shape index (κ1) is 26.9. The number of alkyl halides is 3. The second kappa shape index (κ2) is 11.2. The van der Waals surface area contributed by atoms with Gasteiger partial charge in [0.05, 0.1) is 29.9 Å². The van der Waals surface area contributed by atoms with E-state index in [1.807, 2.05) is 0 Å². The Morgan fingerprint density at radius 3 is 2.60 bits per heavy atom. The Hall–Kier alpha value is -4.65. The number of hydrogen-bond donors (Lipinski definition) is 1. The highest BCUT2D eigenvalue weighted by atomic mass is 19.4. The number of fused-ring (bicyclic) bond motifs is 2. The molecule has 10 nitrogen and oxygen atoms in total. The minimum absolute atomic E-state index is 0.0455. The fraction of sp³-hybridized carbons (Fsp3) is 0.259. The number of anilines is 2. The van der Waals surface area contributed by atoms with Crippen molar-refractivity contribution in [1.29, 1.82) is 0 Å². The molecular weight excluding hydrogens is 531 g/mol. The van der Waals surface area contributed by atoms with Gasteiger partial charge in [-0.2, -0.15) is 13.2 Å². The molecule has 0 aliphatic heterocycles. The van der Waals surface area contributed by atoms with Crippen molar-refractivity contribution in [3.05, 3.63) is 76.8 Å². The minimum atomic E-state index is -4.43. The highest BCUT2D eigenvalue weighted by Crippen LogP contribution is 2.29. The molecule has 208 valence electrons. The van der Waals surface area contributed by atoms with Crippen LogP contribution in [0.15, 0.2) is 64.2 Å². The molecule has 0 atom stereocenters. The summed E-state index contributed by atoms with van der Waals surface area (Å²) in [4.78, 5) is 25.2. The summed E-state index contributed by atoms with van der Waals surface area (Å²) in [6.07, 6.45) is -1.64.